The number of nitrogens with one attached hydrogen (secondary N) is 1. The van der Waals surface area contributed by atoms with E-state index in [4.69, 9.17) is 16.6 Å². The summed E-state index contributed by atoms with van der Waals surface area (Å²) >= 11 is 5.85. The van der Waals surface area contributed by atoms with Crippen LogP contribution >= 0.6 is 11.6 Å². The van der Waals surface area contributed by atoms with Gasteiger partial charge in [0.15, 0.2) is 5.78 Å². The lowest BCUT2D eigenvalue weighted by atomic mass is 10.1. The lowest BCUT2D eigenvalue weighted by molar-refractivity contribution is -0.121. The van der Waals surface area contributed by atoms with Gasteiger partial charge < -0.3 is 14.8 Å². The molecule has 1 N–H and O–H groups in total. The maximum atomic E-state index is 12.2. The Hall–Kier alpha value is -2.70. The van der Waals surface area contributed by atoms with Crippen molar-refractivity contribution in [3.63, 3.8) is 0 Å². The first-order chi connectivity index (χ1) is 14.9. The third kappa shape index (κ3) is 6.64. The number of rotatable bonds is 11. The average molecular weight is 441 g/mol. The first-order valence-corrected chi connectivity index (χ1v) is 11.0. The van der Waals surface area contributed by atoms with Crippen LogP contribution < -0.4 is 5.32 Å². The molecule has 0 saturated heterocycles. The molecule has 0 unspecified atom stereocenters. The van der Waals surface area contributed by atoms with Gasteiger partial charge >= 0.3 is 0 Å². The van der Waals surface area contributed by atoms with Gasteiger partial charge in [-0.25, -0.2) is 4.98 Å². The second-order valence-electron chi connectivity index (χ2n) is 7.86. The van der Waals surface area contributed by atoms with Crippen molar-refractivity contribution in [2.75, 3.05) is 27.2 Å². The Morgan fingerprint density at radius 2 is 1.81 bits per heavy atom. The number of hydrogen-bond acceptors (Lipinski definition) is 4. The molecule has 1 amide bonds. The first-order valence-electron chi connectivity index (χ1n) is 10.6. The second-order valence-corrected chi connectivity index (χ2v) is 8.29. The minimum atomic E-state index is -0.127. The molecule has 0 fully saturated rings. The van der Waals surface area contributed by atoms with Gasteiger partial charge in [-0.3, -0.25) is 9.59 Å². The summed E-state index contributed by atoms with van der Waals surface area (Å²) in [6.45, 7) is 2.38. The third-order valence-corrected chi connectivity index (χ3v) is 5.39. The van der Waals surface area contributed by atoms with Gasteiger partial charge in [0.2, 0.25) is 5.91 Å². The van der Waals surface area contributed by atoms with Crippen molar-refractivity contribution in [3.8, 4) is 0 Å². The zero-order chi connectivity index (χ0) is 22.2. The number of aryl methyl sites for hydroxylation is 1. The van der Waals surface area contributed by atoms with Crippen LogP contribution in [0.5, 0.6) is 0 Å². The fourth-order valence-electron chi connectivity index (χ4n) is 3.52. The summed E-state index contributed by atoms with van der Waals surface area (Å²) in [5.74, 6) is 0.782. The minimum absolute atomic E-state index is 0.0606. The Labute approximate surface area is 188 Å². The van der Waals surface area contributed by atoms with Gasteiger partial charge in [0, 0.05) is 42.9 Å². The van der Waals surface area contributed by atoms with E-state index in [1.807, 2.05) is 18.2 Å². The largest absolute Gasteiger partial charge is 0.356 e. The van der Waals surface area contributed by atoms with E-state index in [9.17, 15) is 9.59 Å². The van der Waals surface area contributed by atoms with Crippen LogP contribution in [0.1, 0.15) is 35.4 Å². The van der Waals surface area contributed by atoms with E-state index in [-0.39, 0.29) is 24.5 Å². The summed E-state index contributed by atoms with van der Waals surface area (Å²) in [5.41, 5.74) is 2.67. The number of carbonyl (C=O) groups is 2. The number of aromatic nitrogens is 2. The lowest BCUT2D eigenvalue weighted by Crippen LogP contribution is -2.27. The second kappa shape index (κ2) is 11.1. The predicted molar refractivity (Wildman–Crippen MR) is 125 cm³/mol. The summed E-state index contributed by atoms with van der Waals surface area (Å²) < 4.78 is 2.25. The molecule has 31 heavy (non-hydrogen) atoms. The first kappa shape index (κ1) is 23.0. The molecule has 0 aliphatic rings. The number of ketones is 1. The summed E-state index contributed by atoms with van der Waals surface area (Å²) in [6.07, 6.45) is 2.02. The Balaban J connectivity index is 1.51. The topological polar surface area (TPSA) is 67.2 Å². The molecule has 0 spiro atoms. The zero-order valence-electron chi connectivity index (χ0n) is 18.1. The van der Waals surface area contributed by atoms with Gasteiger partial charge in [-0.15, -0.1) is 0 Å². The number of carbonyl (C=O) groups excluding carboxylic acids is 2. The monoisotopic (exact) mass is 440 g/mol. The molecule has 0 bridgehead atoms. The molecule has 0 aliphatic heterocycles. The van der Waals surface area contributed by atoms with E-state index in [0.717, 1.165) is 36.4 Å². The number of para-hydroxylation sites is 2. The summed E-state index contributed by atoms with van der Waals surface area (Å²) in [6, 6.07) is 14.8. The molecule has 1 aromatic heterocycles. The van der Waals surface area contributed by atoms with Crippen LogP contribution in [0.15, 0.2) is 48.5 Å². The van der Waals surface area contributed by atoms with Gasteiger partial charge in [0.25, 0.3) is 0 Å². The van der Waals surface area contributed by atoms with Gasteiger partial charge in [-0.2, -0.15) is 0 Å². The van der Waals surface area contributed by atoms with E-state index in [1.165, 1.54) is 0 Å². The highest BCUT2D eigenvalue weighted by Gasteiger charge is 2.12. The third-order valence-electron chi connectivity index (χ3n) is 5.14. The van der Waals surface area contributed by atoms with E-state index in [1.54, 1.807) is 24.3 Å². The van der Waals surface area contributed by atoms with Crippen molar-refractivity contribution in [1.82, 2.24) is 19.8 Å². The Morgan fingerprint density at radius 3 is 2.55 bits per heavy atom. The van der Waals surface area contributed by atoms with Crippen LogP contribution in [0.4, 0.5) is 0 Å². The highest BCUT2D eigenvalue weighted by molar-refractivity contribution is 6.30. The van der Waals surface area contributed by atoms with Gasteiger partial charge in [-0.1, -0.05) is 23.7 Å². The molecule has 164 valence electrons. The number of imidazole rings is 1. The molecular formula is C24H29ClN4O2. The maximum absolute atomic E-state index is 12.2. The van der Waals surface area contributed by atoms with Crippen LogP contribution in [-0.2, 0) is 17.8 Å². The number of halogens is 1. The summed E-state index contributed by atoms with van der Waals surface area (Å²) in [7, 11) is 4.14. The highest BCUT2D eigenvalue weighted by Crippen LogP contribution is 2.17. The van der Waals surface area contributed by atoms with Crippen LogP contribution in [0.2, 0.25) is 5.02 Å². The van der Waals surface area contributed by atoms with Crippen LogP contribution in [0.3, 0.4) is 0 Å². The number of fused-ring (bicyclic) bond motifs is 1. The molecule has 0 saturated carbocycles. The number of amides is 1. The fourth-order valence-corrected chi connectivity index (χ4v) is 3.65. The zero-order valence-corrected chi connectivity index (χ0v) is 18.9. The van der Waals surface area contributed by atoms with E-state index >= 15 is 0 Å². The Kier molecular flexibility index (Phi) is 8.20. The van der Waals surface area contributed by atoms with Crippen molar-refractivity contribution in [2.45, 2.75) is 32.2 Å². The van der Waals surface area contributed by atoms with Crippen molar-refractivity contribution >= 4 is 34.3 Å². The number of benzene rings is 2. The van der Waals surface area contributed by atoms with Crippen LogP contribution in [-0.4, -0.2) is 53.3 Å². The van der Waals surface area contributed by atoms with Crippen molar-refractivity contribution in [1.29, 1.82) is 0 Å². The molecule has 3 rings (SSSR count). The Bertz CT molecular complexity index is 1030. The van der Waals surface area contributed by atoms with Gasteiger partial charge in [-0.05, 0) is 63.5 Å². The van der Waals surface area contributed by atoms with Crippen LogP contribution in [0, 0.1) is 0 Å². The molecule has 3 aromatic rings. The normalized spacial score (nSPS) is 11.2. The number of nitrogens with zero attached hydrogens (tertiary/aromatic N) is 3. The van der Waals surface area contributed by atoms with Crippen molar-refractivity contribution in [3.05, 3.63) is 64.9 Å². The average Bonchev–Trinajstić information content (AvgIpc) is 3.10. The fraction of sp³-hybridized carbons (Fsp3) is 0.375. The number of hydrogen-bond donors (Lipinski definition) is 1. The van der Waals surface area contributed by atoms with E-state index in [2.05, 4.69) is 34.9 Å². The molecule has 0 radical (unpaired) electrons. The standard InChI is InChI=1S/C24H29ClN4O2/c1-28(2)16-5-17-29-21-7-4-3-6-20(21)27-23(29)14-15-26-24(31)13-12-22(30)18-8-10-19(25)11-9-18/h3-4,6-11H,5,12-17H2,1-2H3,(H,26,31). The molecular weight excluding hydrogens is 412 g/mol. The highest BCUT2D eigenvalue weighted by atomic mass is 35.5. The lowest BCUT2D eigenvalue weighted by Gasteiger charge is -2.13. The predicted octanol–water partition coefficient (Wildman–Crippen LogP) is 3.96. The minimum Gasteiger partial charge on any atom is -0.356 e. The molecule has 0 aliphatic carbocycles. The van der Waals surface area contributed by atoms with Gasteiger partial charge in [0.05, 0.1) is 11.0 Å². The van der Waals surface area contributed by atoms with Crippen LogP contribution in [0.25, 0.3) is 11.0 Å². The quantitative estimate of drug-likeness (QED) is 0.458. The van der Waals surface area contributed by atoms with E-state index < -0.39 is 0 Å². The molecule has 0 atom stereocenters. The Morgan fingerprint density at radius 1 is 1.06 bits per heavy atom. The summed E-state index contributed by atoms with van der Waals surface area (Å²) in [5, 5.41) is 3.50. The maximum Gasteiger partial charge on any atom is 0.220 e. The summed E-state index contributed by atoms with van der Waals surface area (Å²) in [4.78, 5) is 31.4. The van der Waals surface area contributed by atoms with Crippen molar-refractivity contribution in [2.24, 2.45) is 0 Å². The smallest absolute Gasteiger partial charge is 0.220 e. The van der Waals surface area contributed by atoms with Crippen molar-refractivity contribution < 1.29 is 9.59 Å². The molecule has 7 heteroatoms. The molecule has 6 nitrogen and oxygen atoms in total. The SMILES string of the molecule is CN(C)CCCn1c(CCNC(=O)CCC(=O)c2ccc(Cl)cc2)nc2ccccc21. The van der Waals surface area contributed by atoms with Gasteiger partial charge in [0.1, 0.15) is 5.82 Å². The molecule has 2 aromatic carbocycles. The van der Waals surface area contributed by atoms with E-state index in [0.29, 0.717) is 23.6 Å². The molecule has 1 heterocycles. The number of Topliss-reactive ketones (excluding diaryl/α,β-unsaturated/α-hetero) is 1.